The summed E-state index contributed by atoms with van der Waals surface area (Å²) in [5.74, 6) is 6.56. The predicted molar refractivity (Wildman–Crippen MR) is 111 cm³/mol. The molecule has 27 heavy (non-hydrogen) atoms. The first-order chi connectivity index (χ1) is 12.8. The van der Waals surface area contributed by atoms with Crippen LogP contribution in [0.1, 0.15) is 5.56 Å². The highest BCUT2D eigenvalue weighted by Crippen LogP contribution is 2.26. The van der Waals surface area contributed by atoms with Gasteiger partial charge in [0.2, 0.25) is 0 Å². The molecule has 0 amide bonds. The quantitative estimate of drug-likeness (QED) is 0.434. The van der Waals surface area contributed by atoms with Gasteiger partial charge in [0.15, 0.2) is 5.82 Å². The van der Waals surface area contributed by atoms with Crippen LogP contribution in [0.2, 0.25) is 0 Å². The molecule has 5 nitrogen and oxygen atoms in total. The molecule has 0 aliphatic heterocycles. The number of benzene rings is 2. The molecule has 2 aromatic carbocycles. The molecule has 0 bridgehead atoms. The van der Waals surface area contributed by atoms with E-state index in [9.17, 15) is 0 Å². The molecule has 0 spiro atoms. The number of nitrogens with zero attached hydrogens (tertiary/aromatic N) is 3. The van der Waals surface area contributed by atoms with E-state index in [1.807, 2.05) is 54.6 Å². The van der Waals surface area contributed by atoms with E-state index in [-0.39, 0.29) is 12.4 Å². The van der Waals surface area contributed by atoms with Crippen LogP contribution in [0.5, 0.6) is 0 Å². The summed E-state index contributed by atoms with van der Waals surface area (Å²) in [5.41, 5.74) is 9.63. The Labute approximate surface area is 163 Å². The molecule has 4 aromatic rings. The second kappa shape index (κ2) is 8.54. The average molecular weight is 379 g/mol. The zero-order valence-electron chi connectivity index (χ0n) is 14.6. The fourth-order valence-corrected chi connectivity index (χ4v) is 2.92. The highest BCUT2D eigenvalue weighted by molar-refractivity contribution is 6.06. The van der Waals surface area contributed by atoms with E-state index in [4.69, 9.17) is 10.5 Å². The highest BCUT2D eigenvalue weighted by Gasteiger charge is 2.11. The maximum absolute atomic E-state index is 6.05. The molecular weight excluding hydrogens is 360 g/mol. The Morgan fingerprint density at radius 3 is 2.67 bits per heavy atom. The molecular formula is C21H19ClN4O. The number of hydrogen-bond acceptors (Lipinski definition) is 4. The first kappa shape index (κ1) is 18.7. The van der Waals surface area contributed by atoms with Crippen LogP contribution in [-0.2, 0) is 11.3 Å². The minimum atomic E-state index is 0. The Balaban J connectivity index is 0.00000210. The van der Waals surface area contributed by atoms with E-state index < -0.39 is 0 Å². The Bertz CT molecular complexity index is 1110. The maximum atomic E-state index is 6.05. The zero-order chi connectivity index (χ0) is 17.8. The molecule has 0 atom stereocenters. The van der Waals surface area contributed by atoms with E-state index >= 15 is 0 Å². The molecule has 0 aliphatic carbocycles. The van der Waals surface area contributed by atoms with Gasteiger partial charge in [0.25, 0.3) is 0 Å². The van der Waals surface area contributed by atoms with E-state index in [2.05, 4.69) is 26.4 Å². The van der Waals surface area contributed by atoms with Crippen molar-refractivity contribution < 1.29 is 4.74 Å². The third-order valence-corrected chi connectivity index (χ3v) is 4.14. The lowest BCUT2D eigenvalue weighted by Gasteiger charge is -2.07. The van der Waals surface area contributed by atoms with Crippen molar-refractivity contribution in [3.05, 3.63) is 66.5 Å². The van der Waals surface area contributed by atoms with E-state index in [0.29, 0.717) is 25.6 Å². The second-order valence-electron chi connectivity index (χ2n) is 5.87. The Morgan fingerprint density at radius 2 is 1.81 bits per heavy atom. The first-order valence-electron chi connectivity index (χ1n) is 8.43. The van der Waals surface area contributed by atoms with E-state index in [0.717, 1.165) is 27.5 Å². The summed E-state index contributed by atoms with van der Waals surface area (Å²) in [5, 5.41) is 1.04. The van der Waals surface area contributed by atoms with Crippen LogP contribution in [0.3, 0.4) is 0 Å². The molecule has 0 radical (unpaired) electrons. The standard InChI is InChI=1S/C21H18N4O.ClH/c22-21-19-20(17-10-4-5-11-18(17)24-21)25(15-23-19)12-14-26-13-6-9-16-7-2-1-3-8-16;/h1-5,7-8,10-11,15H,12-14H2,(H2,22,24);1H. The van der Waals surface area contributed by atoms with Crippen LogP contribution < -0.4 is 5.73 Å². The van der Waals surface area contributed by atoms with Crippen LogP contribution in [0.15, 0.2) is 60.9 Å². The van der Waals surface area contributed by atoms with Gasteiger partial charge in [-0.05, 0) is 18.2 Å². The molecule has 6 heteroatoms. The van der Waals surface area contributed by atoms with Crippen LogP contribution >= 0.6 is 12.4 Å². The highest BCUT2D eigenvalue weighted by atomic mass is 35.5. The van der Waals surface area contributed by atoms with Crippen molar-refractivity contribution in [3.8, 4) is 11.8 Å². The number of fused-ring (bicyclic) bond motifs is 3. The van der Waals surface area contributed by atoms with Crippen molar-refractivity contribution in [3.63, 3.8) is 0 Å². The fraction of sp³-hybridized carbons (Fsp3) is 0.143. The minimum absolute atomic E-state index is 0. The van der Waals surface area contributed by atoms with Gasteiger partial charge < -0.3 is 15.0 Å². The van der Waals surface area contributed by atoms with Gasteiger partial charge in [0.1, 0.15) is 12.1 Å². The summed E-state index contributed by atoms with van der Waals surface area (Å²) in [7, 11) is 0. The monoisotopic (exact) mass is 378 g/mol. The van der Waals surface area contributed by atoms with Crippen molar-refractivity contribution in [1.82, 2.24) is 14.5 Å². The molecule has 2 aromatic heterocycles. The molecule has 0 fully saturated rings. The number of aromatic nitrogens is 3. The SMILES string of the molecule is Cl.Nc1nc2ccccc2c2c1ncn2CCOCC#Cc1ccccc1. The van der Waals surface area contributed by atoms with Gasteiger partial charge in [-0.1, -0.05) is 48.2 Å². The fourth-order valence-electron chi connectivity index (χ4n) is 2.92. The molecule has 2 heterocycles. The molecule has 0 aliphatic rings. The van der Waals surface area contributed by atoms with Gasteiger partial charge in [-0.3, -0.25) is 0 Å². The zero-order valence-corrected chi connectivity index (χ0v) is 15.4. The predicted octanol–water partition coefficient (Wildman–Crippen LogP) is 3.66. The lowest BCUT2D eigenvalue weighted by Crippen LogP contribution is -2.06. The first-order valence-corrected chi connectivity index (χ1v) is 8.43. The third kappa shape index (κ3) is 4.03. The summed E-state index contributed by atoms with van der Waals surface area (Å²) in [6, 6.07) is 17.8. The minimum Gasteiger partial charge on any atom is -0.382 e. The maximum Gasteiger partial charge on any atom is 0.152 e. The largest absolute Gasteiger partial charge is 0.382 e. The Kier molecular flexibility index (Phi) is 5.92. The van der Waals surface area contributed by atoms with Crippen LogP contribution in [0, 0.1) is 11.8 Å². The van der Waals surface area contributed by atoms with Gasteiger partial charge in [0.05, 0.1) is 24.0 Å². The third-order valence-electron chi connectivity index (χ3n) is 4.14. The van der Waals surface area contributed by atoms with E-state index in [1.165, 1.54) is 0 Å². The molecule has 136 valence electrons. The number of pyridine rings is 1. The van der Waals surface area contributed by atoms with Gasteiger partial charge in [-0.2, -0.15) is 0 Å². The number of imidazole rings is 1. The van der Waals surface area contributed by atoms with Gasteiger partial charge >= 0.3 is 0 Å². The van der Waals surface area contributed by atoms with Crippen molar-refractivity contribution in [2.45, 2.75) is 6.54 Å². The summed E-state index contributed by atoms with van der Waals surface area (Å²) in [4.78, 5) is 8.83. The number of rotatable bonds is 4. The molecule has 0 saturated heterocycles. The number of halogens is 1. The van der Waals surface area contributed by atoms with E-state index in [1.54, 1.807) is 6.33 Å². The molecule has 2 N–H and O–H groups in total. The topological polar surface area (TPSA) is 66.0 Å². The number of ether oxygens (including phenoxy) is 1. The van der Waals surface area contributed by atoms with Gasteiger partial charge in [-0.15, -0.1) is 12.4 Å². The van der Waals surface area contributed by atoms with Crippen molar-refractivity contribution in [1.29, 1.82) is 0 Å². The molecule has 0 unspecified atom stereocenters. The summed E-state index contributed by atoms with van der Waals surface area (Å²) < 4.78 is 7.71. The number of nitrogen functional groups attached to an aromatic ring is 1. The molecule has 4 rings (SSSR count). The lowest BCUT2D eigenvalue weighted by molar-refractivity contribution is 0.158. The number of nitrogens with two attached hydrogens (primary N) is 1. The van der Waals surface area contributed by atoms with Crippen molar-refractivity contribution in [2.24, 2.45) is 0 Å². The number of para-hydroxylation sites is 1. The number of hydrogen-bond donors (Lipinski definition) is 1. The lowest BCUT2D eigenvalue weighted by atomic mass is 10.2. The van der Waals surface area contributed by atoms with Crippen LogP contribution in [0.4, 0.5) is 5.82 Å². The normalized spacial score (nSPS) is 10.4. The number of anilines is 1. The molecule has 0 saturated carbocycles. The van der Waals surface area contributed by atoms with Gasteiger partial charge in [-0.25, -0.2) is 9.97 Å². The summed E-state index contributed by atoms with van der Waals surface area (Å²) in [6.45, 7) is 1.62. The second-order valence-corrected chi connectivity index (χ2v) is 5.87. The summed E-state index contributed by atoms with van der Waals surface area (Å²) >= 11 is 0. The average Bonchev–Trinajstić information content (AvgIpc) is 3.10. The van der Waals surface area contributed by atoms with Crippen molar-refractivity contribution in [2.75, 3.05) is 18.9 Å². The summed E-state index contributed by atoms with van der Waals surface area (Å²) in [6.07, 6.45) is 1.79. The van der Waals surface area contributed by atoms with Crippen LogP contribution in [0.25, 0.3) is 21.9 Å². The Morgan fingerprint density at radius 1 is 1.04 bits per heavy atom. The Hall–Kier alpha value is -3.07. The van der Waals surface area contributed by atoms with Gasteiger partial charge in [0, 0.05) is 17.5 Å². The smallest absolute Gasteiger partial charge is 0.152 e. The van der Waals surface area contributed by atoms with Crippen LogP contribution in [-0.4, -0.2) is 27.7 Å². The van der Waals surface area contributed by atoms with Crippen molar-refractivity contribution >= 4 is 40.2 Å².